The van der Waals surface area contributed by atoms with Crippen LogP contribution in [-0.4, -0.2) is 38.0 Å². The Labute approximate surface area is 231 Å². The number of carbonyl (C=O) groups is 1. The van der Waals surface area contributed by atoms with E-state index in [1.807, 2.05) is 6.07 Å². The second-order valence-electron chi connectivity index (χ2n) is 8.05. The number of aromatic nitrogens is 1. The Kier molecular flexibility index (Phi) is 8.34. The van der Waals surface area contributed by atoms with Crippen LogP contribution in [0.15, 0.2) is 61.9 Å². The summed E-state index contributed by atoms with van der Waals surface area (Å²) in [6.07, 6.45) is 1.75. The molecular weight excluding hydrogens is 574 g/mol. The zero-order valence-corrected chi connectivity index (χ0v) is 23.5. The lowest BCUT2D eigenvalue weighted by Gasteiger charge is -2.26. The van der Waals surface area contributed by atoms with Gasteiger partial charge < -0.3 is 18.9 Å². The van der Waals surface area contributed by atoms with E-state index < -0.39 is 12.0 Å². The third-order valence-corrected chi connectivity index (χ3v) is 7.47. The number of hydrogen-bond donors (Lipinski definition) is 0. The van der Waals surface area contributed by atoms with Crippen molar-refractivity contribution in [1.29, 1.82) is 5.26 Å². The highest BCUT2D eigenvalue weighted by atomic mass is 79.9. The average Bonchev–Trinajstić information content (AvgIpc) is 3.21. The van der Waals surface area contributed by atoms with Gasteiger partial charge in [-0.2, -0.15) is 5.26 Å². The summed E-state index contributed by atoms with van der Waals surface area (Å²) < 4.78 is 24.2. The zero-order chi connectivity index (χ0) is 27.4. The van der Waals surface area contributed by atoms with E-state index in [0.717, 1.165) is 5.56 Å². The third kappa shape index (κ3) is 5.23. The number of hydrogen-bond acceptors (Lipinski definition) is 9. The second kappa shape index (κ2) is 11.7. The van der Waals surface area contributed by atoms with Crippen molar-refractivity contribution in [1.82, 2.24) is 4.57 Å². The fraction of sp³-hybridized carbons (Fsp3) is 0.259. The minimum atomic E-state index is -0.816. The SMILES string of the molecule is CCOC(=O)C1=C(C)N=c2s/c(=C\c3ccc(OCC#N)cc3)c(=O)n2[C@H]1c1cc(OC)c(OC)cc1Br. The average molecular weight is 598 g/mol. The molecule has 0 radical (unpaired) electrons. The molecule has 0 amide bonds. The Morgan fingerprint density at radius 1 is 1.21 bits per heavy atom. The number of rotatable bonds is 8. The summed E-state index contributed by atoms with van der Waals surface area (Å²) in [5.41, 5.74) is 1.80. The third-order valence-electron chi connectivity index (χ3n) is 5.80. The van der Waals surface area contributed by atoms with Gasteiger partial charge in [-0.05, 0) is 55.3 Å². The molecule has 38 heavy (non-hydrogen) atoms. The smallest absolute Gasteiger partial charge is 0.338 e. The van der Waals surface area contributed by atoms with Gasteiger partial charge in [0.05, 0.1) is 42.7 Å². The predicted octanol–water partition coefficient (Wildman–Crippen LogP) is 3.48. The molecule has 0 spiro atoms. The molecule has 9 nitrogen and oxygen atoms in total. The molecule has 0 bridgehead atoms. The molecule has 1 atom stereocenters. The van der Waals surface area contributed by atoms with Crippen molar-refractivity contribution in [2.45, 2.75) is 19.9 Å². The minimum absolute atomic E-state index is 0.0498. The van der Waals surface area contributed by atoms with Crippen molar-refractivity contribution in [2.75, 3.05) is 27.4 Å². The van der Waals surface area contributed by atoms with Crippen molar-refractivity contribution in [3.63, 3.8) is 0 Å². The number of nitriles is 1. The normalized spacial score (nSPS) is 14.8. The summed E-state index contributed by atoms with van der Waals surface area (Å²) in [6, 6.07) is 11.6. The molecule has 2 heterocycles. The first-order chi connectivity index (χ1) is 18.3. The van der Waals surface area contributed by atoms with Gasteiger partial charge in [0.1, 0.15) is 11.8 Å². The van der Waals surface area contributed by atoms with E-state index in [4.69, 9.17) is 24.2 Å². The summed E-state index contributed by atoms with van der Waals surface area (Å²) in [6.45, 7) is 3.58. The summed E-state index contributed by atoms with van der Waals surface area (Å²) in [4.78, 5) is 32.0. The fourth-order valence-electron chi connectivity index (χ4n) is 4.09. The first-order valence-electron chi connectivity index (χ1n) is 11.5. The lowest BCUT2D eigenvalue weighted by atomic mass is 9.95. The maximum Gasteiger partial charge on any atom is 0.338 e. The highest BCUT2D eigenvalue weighted by Gasteiger charge is 2.35. The zero-order valence-electron chi connectivity index (χ0n) is 21.1. The molecule has 11 heteroatoms. The molecule has 2 aromatic carbocycles. The lowest BCUT2D eigenvalue weighted by Crippen LogP contribution is -2.40. The number of methoxy groups -OCH3 is 2. The molecular formula is C27H24BrN3O6S. The first kappa shape index (κ1) is 27.2. The number of halogens is 1. The quantitative estimate of drug-likeness (QED) is 0.365. The first-order valence-corrected chi connectivity index (χ1v) is 13.1. The topological polar surface area (TPSA) is 112 Å². The van der Waals surface area contributed by atoms with Gasteiger partial charge in [-0.3, -0.25) is 9.36 Å². The van der Waals surface area contributed by atoms with Crippen LogP contribution in [0.25, 0.3) is 6.08 Å². The highest BCUT2D eigenvalue weighted by molar-refractivity contribution is 9.10. The molecule has 1 aliphatic heterocycles. The number of nitrogens with zero attached hydrogens (tertiary/aromatic N) is 3. The van der Waals surface area contributed by atoms with Crippen LogP contribution < -0.4 is 29.1 Å². The van der Waals surface area contributed by atoms with E-state index in [2.05, 4.69) is 20.9 Å². The summed E-state index contributed by atoms with van der Waals surface area (Å²) in [7, 11) is 3.05. The van der Waals surface area contributed by atoms with Crippen molar-refractivity contribution < 1.29 is 23.7 Å². The largest absolute Gasteiger partial charge is 0.493 e. The molecule has 1 aromatic heterocycles. The van der Waals surface area contributed by atoms with Crippen molar-refractivity contribution >= 4 is 39.3 Å². The van der Waals surface area contributed by atoms with Crippen LogP contribution in [0.4, 0.5) is 0 Å². The van der Waals surface area contributed by atoms with E-state index in [1.54, 1.807) is 56.3 Å². The second-order valence-corrected chi connectivity index (χ2v) is 9.91. The summed E-state index contributed by atoms with van der Waals surface area (Å²) in [5.74, 6) is 0.946. The van der Waals surface area contributed by atoms with Gasteiger partial charge in [-0.25, -0.2) is 9.79 Å². The minimum Gasteiger partial charge on any atom is -0.493 e. The van der Waals surface area contributed by atoms with E-state index in [1.165, 1.54) is 30.1 Å². The molecule has 3 aromatic rings. The molecule has 0 unspecified atom stereocenters. The molecule has 1 aliphatic rings. The number of ether oxygens (including phenoxy) is 4. The Balaban J connectivity index is 1.92. The predicted molar refractivity (Wildman–Crippen MR) is 145 cm³/mol. The number of benzene rings is 2. The number of allylic oxidation sites excluding steroid dienone is 1. The Hall–Kier alpha value is -3.88. The van der Waals surface area contributed by atoms with E-state index in [9.17, 15) is 9.59 Å². The summed E-state index contributed by atoms with van der Waals surface area (Å²) >= 11 is 4.82. The van der Waals surface area contributed by atoms with Crippen LogP contribution in [0.2, 0.25) is 0 Å². The maximum atomic E-state index is 13.8. The van der Waals surface area contributed by atoms with Crippen LogP contribution in [0, 0.1) is 11.3 Å². The van der Waals surface area contributed by atoms with Crippen LogP contribution in [0.1, 0.15) is 31.0 Å². The monoisotopic (exact) mass is 597 g/mol. The lowest BCUT2D eigenvalue weighted by molar-refractivity contribution is -0.139. The van der Waals surface area contributed by atoms with Gasteiger partial charge in [-0.15, -0.1) is 0 Å². The Bertz CT molecular complexity index is 1630. The molecule has 0 N–H and O–H groups in total. The molecule has 4 rings (SSSR count). The van der Waals surface area contributed by atoms with Crippen LogP contribution in [-0.2, 0) is 9.53 Å². The number of carbonyl (C=O) groups excluding carboxylic acids is 1. The molecule has 0 fully saturated rings. The summed E-state index contributed by atoms with van der Waals surface area (Å²) in [5, 5.41) is 8.69. The molecule has 196 valence electrons. The van der Waals surface area contributed by atoms with Crippen LogP contribution in [0.3, 0.4) is 0 Å². The number of esters is 1. The van der Waals surface area contributed by atoms with Gasteiger partial charge in [-0.1, -0.05) is 39.4 Å². The maximum absolute atomic E-state index is 13.8. The van der Waals surface area contributed by atoms with Crippen LogP contribution >= 0.6 is 27.3 Å². The van der Waals surface area contributed by atoms with Gasteiger partial charge in [0.2, 0.25) is 0 Å². The van der Waals surface area contributed by atoms with Crippen LogP contribution in [0.5, 0.6) is 17.2 Å². The van der Waals surface area contributed by atoms with E-state index in [0.29, 0.717) is 42.3 Å². The van der Waals surface area contributed by atoms with E-state index in [-0.39, 0.29) is 24.3 Å². The van der Waals surface area contributed by atoms with Crippen molar-refractivity contribution in [3.8, 4) is 23.3 Å². The van der Waals surface area contributed by atoms with Gasteiger partial charge in [0.25, 0.3) is 5.56 Å². The van der Waals surface area contributed by atoms with Gasteiger partial charge >= 0.3 is 5.97 Å². The number of fused-ring (bicyclic) bond motifs is 1. The molecule has 0 saturated heterocycles. The Morgan fingerprint density at radius 3 is 2.53 bits per heavy atom. The molecule has 0 saturated carbocycles. The number of thiazole rings is 1. The van der Waals surface area contributed by atoms with Crippen molar-refractivity contribution in [3.05, 3.63) is 83.0 Å². The highest BCUT2D eigenvalue weighted by Crippen LogP contribution is 2.40. The van der Waals surface area contributed by atoms with E-state index >= 15 is 0 Å². The Morgan fingerprint density at radius 2 is 1.89 bits per heavy atom. The fourth-order valence-corrected chi connectivity index (χ4v) is 5.68. The van der Waals surface area contributed by atoms with Crippen molar-refractivity contribution in [2.24, 2.45) is 4.99 Å². The molecule has 0 aliphatic carbocycles. The van der Waals surface area contributed by atoms with Gasteiger partial charge in [0, 0.05) is 4.47 Å². The van der Waals surface area contributed by atoms with Gasteiger partial charge in [0.15, 0.2) is 22.9 Å². The standard InChI is InChI=1S/C27H24BrN3O6S/c1-5-36-26(33)23-15(2)30-27-31(24(23)18-13-20(34-3)21(35-4)14-19(18)28)25(32)22(38-27)12-16-6-8-17(9-7-16)37-11-10-29/h6-9,12-14,24H,5,11H2,1-4H3/b22-12-/t24-/m0/s1.